The van der Waals surface area contributed by atoms with Crippen molar-refractivity contribution in [3.05, 3.63) is 42.4 Å². The van der Waals surface area contributed by atoms with E-state index in [0.717, 1.165) is 38.4 Å². The molecule has 0 radical (unpaired) electrons. The summed E-state index contributed by atoms with van der Waals surface area (Å²) in [5.74, 6) is 1.54. The lowest BCUT2D eigenvalue weighted by Gasteiger charge is -2.35. The van der Waals surface area contributed by atoms with Gasteiger partial charge in [-0.1, -0.05) is 13.0 Å². The minimum absolute atomic E-state index is 0.124. The first kappa shape index (κ1) is 17.1. The summed E-state index contributed by atoms with van der Waals surface area (Å²) in [6, 6.07) is 6.09. The third kappa shape index (κ3) is 4.23. The smallest absolute Gasteiger partial charge is 0.254 e. The van der Waals surface area contributed by atoms with Gasteiger partial charge in [0, 0.05) is 50.8 Å². The molecule has 3 heterocycles. The number of rotatable bonds is 5. The van der Waals surface area contributed by atoms with Gasteiger partial charge in [-0.15, -0.1) is 0 Å². The Morgan fingerprint density at radius 3 is 2.40 bits per heavy atom. The van der Waals surface area contributed by atoms with Crippen LogP contribution < -0.4 is 15.1 Å². The van der Waals surface area contributed by atoms with Crippen molar-refractivity contribution in [1.29, 1.82) is 0 Å². The van der Waals surface area contributed by atoms with Crippen LogP contribution in [0.1, 0.15) is 30.6 Å². The Morgan fingerprint density at radius 1 is 1.12 bits per heavy atom. The van der Waals surface area contributed by atoms with Crippen molar-refractivity contribution in [2.24, 2.45) is 0 Å². The van der Waals surface area contributed by atoms with Crippen molar-refractivity contribution >= 4 is 17.7 Å². The molecular weight excluding hydrogens is 316 g/mol. The molecule has 3 rings (SSSR count). The molecule has 0 saturated carbocycles. The summed E-state index contributed by atoms with van der Waals surface area (Å²) in [5, 5.41) is 2.92. The Balaban J connectivity index is 1.58. The molecule has 1 fully saturated rings. The summed E-state index contributed by atoms with van der Waals surface area (Å²) in [5.41, 5.74) is 0.496. The van der Waals surface area contributed by atoms with E-state index in [-0.39, 0.29) is 11.9 Å². The summed E-state index contributed by atoms with van der Waals surface area (Å²) >= 11 is 0. The first-order chi connectivity index (χ1) is 12.2. The number of nitrogens with one attached hydrogen (secondary N) is 1. The van der Waals surface area contributed by atoms with Crippen LogP contribution in [-0.2, 0) is 0 Å². The molecule has 1 saturated heterocycles. The molecule has 0 aliphatic carbocycles. The highest BCUT2D eigenvalue weighted by atomic mass is 16.1. The number of pyridine rings is 1. The maximum atomic E-state index is 12.1. The van der Waals surface area contributed by atoms with E-state index in [4.69, 9.17) is 0 Å². The lowest BCUT2D eigenvalue weighted by molar-refractivity contribution is 0.0938. The number of piperazine rings is 1. The summed E-state index contributed by atoms with van der Waals surface area (Å²) in [6.07, 6.45) is 5.91. The lowest BCUT2D eigenvalue weighted by Crippen LogP contribution is -2.47. The fourth-order valence-corrected chi connectivity index (χ4v) is 2.69. The Morgan fingerprint density at radius 2 is 1.80 bits per heavy atom. The van der Waals surface area contributed by atoms with Gasteiger partial charge in [0.15, 0.2) is 0 Å². The maximum absolute atomic E-state index is 12.1. The van der Waals surface area contributed by atoms with Crippen LogP contribution in [0, 0.1) is 0 Å². The molecule has 1 atom stereocenters. The quantitative estimate of drug-likeness (QED) is 0.893. The van der Waals surface area contributed by atoms with Crippen LogP contribution in [0.2, 0.25) is 0 Å². The molecule has 0 bridgehead atoms. The molecule has 25 heavy (non-hydrogen) atoms. The minimum Gasteiger partial charge on any atom is -0.353 e. The van der Waals surface area contributed by atoms with Gasteiger partial charge in [0.1, 0.15) is 5.82 Å². The standard InChI is InChI=1S/C18H24N6O/c1-3-14(2)22-17(25)15-12-20-18(21-13-15)24-10-8-23(9-11-24)16-6-4-5-7-19-16/h4-7,12-14H,3,8-11H2,1-2H3,(H,22,25). The molecule has 2 aromatic rings. The van der Waals surface area contributed by atoms with E-state index in [1.807, 2.05) is 38.2 Å². The van der Waals surface area contributed by atoms with Gasteiger partial charge < -0.3 is 15.1 Å². The zero-order valence-corrected chi connectivity index (χ0v) is 14.7. The van der Waals surface area contributed by atoms with E-state index >= 15 is 0 Å². The molecule has 7 nitrogen and oxygen atoms in total. The molecule has 1 aliphatic heterocycles. The van der Waals surface area contributed by atoms with Crippen molar-refractivity contribution in [3.63, 3.8) is 0 Å². The number of aromatic nitrogens is 3. The zero-order valence-electron chi connectivity index (χ0n) is 14.7. The van der Waals surface area contributed by atoms with Crippen LogP contribution in [0.15, 0.2) is 36.8 Å². The van der Waals surface area contributed by atoms with E-state index in [1.54, 1.807) is 12.4 Å². The van der Waals surface area contributed by atoms with E-state index in [0.29, 0.717) is 11.5 Å². The molecule has 0 spiro atoms. The van der Waals surface area contributed by atoms with Gasteiger partial charge in [-0.25, -0.2) is 15.0 Å². The highest BCUT2D eigenvalue weighted by molar-refractivity contribution is 5.93. The van der Waals surface area contributed by atoms with E-state index in [1.165, 1.54) is 0 Å². The second kappa shape index (κ2) is 7.92. The van der Waals surface area contributed by atoms with E-state index < -0.39 is 0 Å². The van der Waals surface area contributed by atoms with Gasteiger partial charge >= 0.3 is 0 Å². The highest BCUT2D eigenvalue weighted by Crippen LogP contribution is 2.15. The number of nitrogens with zero attached hydrogens (tertiary/aromatic N) is 5. The number of anilines is 2. The Hall–Kier alpha value is -2.70. The molecule has 7 heteroatoms. The average Bonchev–Trinajstić information content (AvgIpc) is 2.69. The van der Waals surface area contributed by atoms with Crippen LogP contribution in [0.25, 0.3) is 0 Å². The molecule has 1 amide bonds. The molecule has 1 N–H and O–H groups in total. The molecule has 1 unspecified atom stereocenters. The van der Waals surface area contributed by atoms with Gasteiger partial charge in [-0.05, 0) is 25.5 Å². The summed E-state index contributed by atoms with van der Waals surface area (Å²) in [4.78, 5) is 29.6. The first-order valence-corrected chi connectivity index (χ1v) is 8.71. The third-order valence-corrected chi connectivity index (χ3v) is 4.43. The van der Waals surface area contributed by atoms with Crippen LogP contribution in [0.4, 0.5) is 11.8 Å². The number of hydrogen-bond acceptors (Lipinski definition) is 6. The summed E-state index contributed by atoms with van der Waals surface area (Å²) < 4.78 is 0. The minimum atomic E-state index is -0.124. The lowest BCUT2D eigenvalue weighted by atomic mass is 10.2. The van der Waals surface area contributed by atoms with Crippen molar-refractivity contribution in [2.45, 2.75) is 26.3 Å². The Bertz CT molecular complexity index is 682. The van der Waals surface area contributed by atoms with Gasteiger partial charge in [0.05, 0.1) is 5.56 Å². The largest absolute Gasteiger partial charge is 0.353 e. The molecular formula is C18H24N6O. The molecule has 1 aliphatic rings. The highest BCUT2D eigenvalue weighted by Gasteiger charge is 2.20. The van der Waals surface area contributed by atoms with Gasteiger partial charge in [-0.3, -0.25) is 4.79 Å². The Kier molecular flexibility index (Phi) is 5.42. The van der Waals surface area contributed by atoms with E-state index in [9.17, 15) is 4.79 Å². The second-order valence-corrected chi connectivity index (χ2v) is 6.22. The fourth-order valence-electron chi connectivity index (χ4n) is 2.69. The van der Waals surface area contributed by atoms with Crippen LogP contribution >= 0.6 is 0 Å². The number of carbonyl (C=O) groups excluding carboxylic acids is 1. The van der Waals surface area contributed by atoms with Gasteiger partial charge in [0.25, 0.3) is 5.91 Å². The SMILES string of the molecule is CCC(C)NC(=O)c1cnc(N2CCN(c3ccccn3)CC2)nc1. The summed E-state index contributed by atoms with van der Waals surface area (Å²) in [6.45, 7) is 7.42. The van der Waals surface area contributed by atoms with Crippen molar-refractivity contribution in [1.82, 2.24) is 20.3 Å². The number of carbonyl (C=O) groups is 1. The van der Waals surface area contributed by atoms with Crippen LogP contribution in [0.3, 0.4) is 0 Å². The van der Waals surface area contributed by atoms with Crippen molar-refractivity contribution < 1.29 is 4.79 Å². The molecule has 2 aromatic heterocycles. The van der Waals surface area contributed by atoms with E-state index in [2.05, 4.69) is 30.1 Å². The monoisotopic (exact) mass is 340 g/mol. The number of amides is 1. The fraction of sp³-hybridized carbons (Fsp3) is 0.444. The Labute approximate surface area is 148 Å². The maximum Gasteiger partial charge on any atom is 0.254 e. The first-order valence-electron chi connectivity index (χ1n) is 8.71. The zero-order chi connectivity index (χ0) is 17.6. The topological polar surface area (TPSA) is 74.2 Å². The second-order valence-electron chi connectivity index (χ2n) is 6.22. The van der Waals surface area contributed by atoms with Gasteiger partial charge in [0.2, 0.25) is 5.95 Å². The van der Waals surface area contributed by atoms with Crippen LogP contribution in [-0.4, -0.2) is 53.1 Å². The van der Waals surface area contributed by atoms with Gasteiger partial charge in [-0.2, -0.15) is 0 Å². The predicted octanol–water partition coefficient (Wildman–Crippen LogP) is 1.73. The predicted molar refractivity (Wildman–Crippen MR) is 97.9 cm³/mol. The van der Waals surface area contributed by atoms with Crippen molar-refractivity contribution in [3.8, 4) is 0 Å². The molecule has 0 aromatic carbocycles. The van der Waals surface area contributed by atoms with Crippen LogP contribution in [0.5, 0.6) is 0 Å². The normalized spacial score (nSPS) is 15.8. The third-order valence-electron chi connectivity index (χ3n) is 4.43. The van der Waals surface area contributed by atoms with Crippen molar-refractivity contribution in [2.75, 3.05) is 36.0 Å². The average molecular weight is 340 g/mol. The summed E-state index contributed by atoms with van der Waals surface area (Å²) in [7, 11) is 0. The number of hydrogen-bond donors (Lipinski definition) is 1. The molecule has 132 valence electrons.